The van der Waals surface area contributed by atoms with Crippen LogP contribution in [0.4, 0.5) is 0 Å². The standard InChI is InChI=1S/C23H25N3O2S/c1-17-3-5-19(6-4-17)16-28-20-9-7-18(8-10-20)15-21-22(27)24-23(29-21)26-13-11-25(2)12-14-26/h3-10,15H,11-14,16H2,1-2H3/b21-15-. The summed E-state index contributed by atoms with van der Waals surface area (Å²) in [5.74, 6) is 0.663. The Morgan fingerprint density at radius 2 is 1.72 bits per heavy atom. The summed E-state index contributed by atoms with van der Waals surface area (Å²) in [6.07, 6.45) is 1.91. The quantitative estimate of drug-likeness (QED) is 0.722. The van der Waals surface area contributed by atoms with Gasteiger partial charge >= 0.3 is 0 Å². The van der Waals surface area contributed by atoms with Crippen molar-refractivity contribution < 1.29 is 9.53 Å². The van der Waals surface area contributed by atoms with Gasteiger partial charge in [-0.3, -0.25) is 4.79 Å². The number of hydrogen-bond acceptors (Lipinski definition) is 5. The molecular weight excluding hydrogens is 382 g/mol. The van der Waals surface area contributed by atoms with E-state index >= 15 is 0 Å². The number of amidine groups is 1. The number of carbonyl (C=O) groups is 1. The Labute approximate surface area is 176 Å². The molecule has 2 aliphatic rings. The summed E-state index contributed by atoms with van der Waals surface area (Å²) in [4.78, 5) is 21.7. The second-order valence-electron chi connectivity index (χ2n) is 7.44. The molecular formula is C23H25N3O2S. The predicted octanol–water partition coefficient (Wildman–Crippen LogP) is 3.79. The summed E-state index contributed by atoms with van der Waals surface area (Å²) in [6.45, 7) is 6.43. The fraction of sp³-hybridized carbons (Fsp3) is 0.304. The van der Waals surface area contributed by atoms with Crippen molar-refractivity contribution in [2.24, 2.45) is 4.99 Å². The van der Waals surface area contributed by atoms with Gasteiger partial charge in [0.2, 0.25) is 0 Å². The summed E-state index contributed by atoms with van der Waals surface area (Å²) in [6, 6.07) is 16.1. The van der Waals surface area contributed by atoms with Gasteiger partial charge in [-0.05, 0) is 55.1 Å². The molecule has 0 aromatic heterocycles. The number of piperazine rings is 1. The van der Waals surface area contributed by atoms with Gasteiger partial charge in [0.05, 0.1) is 4.91 Å². The fourth-order valence-electron chi connectivity index (χ4n) is 3.19. The number of rotatable bonds is 4. The van der Waals surface area contributed by atoms with Crippen molar-refractivity contribution in [3.8, 4) is 5.75 Å². The van der Waals surface area contributed by atoms with E-state index in [2.05, 4.69) is 53.0 Å². The van der Waals surface area contributed by atoms with Gasteiger partial charge in [0.15, 0.2) is 5.17 Å². The van der Waals surface area contributed by atoms with Crippen molar-refractivity contribution in [3.63, 3.8) is 0 Å². The molecule has 1 amide bonds. The second-order valence-corrected chi connectivity index (χ2v) is 8.45. The number of hydrogen-bond donors (Lipinski definition) is 0. The minimum Gasteiger partial charge on any atom is -0.489 e. The molecule has 29 heavy (non-hydrogen) atoms. The molecule has 0 spiro atoms. The highest BCUT2D eigenvalue weighted by molar-refractivity contribution is 8.18. The number of aliphatic imine (C=N–C) groups is 1. The maximum Gasteiger partial charge on any atom is 0.286 e. The second kappa shape index (κ2) is 8.84. The third kappa shape index (κ3) is 5.08. The first-order chi connectivity index (χ1) is 14.1. The van der Waals surface area contributed by atoms with Crippen molar-refractivity contribution >= 4 is 28.9 Å². The molecule has 0 saturated carbocycles. The Bertz CT molecular complexity index is 928. The molecule has 1 fully saturated rings. The van der Waals surface area contributed by atoms with Crippen LogP contribution in [0.25, 0.3) is 6.08 Å². The van der Waals surface area contributed by atoms with Gasteiger partial charge in [-0.25, -0.2) is 0 Å². The Hall–Kier alpha value is -2.57. The molecule has 1 saturated heterocycles. The third-order valence-electron chi connectivity index (χ3n) is 5.09. The number of thioether (sulfide) groups is 1. The highest BCUT2D eigenvalue weighted by atomic mass is 32.2. The number of aryl methyl sites for hydroxylation is 1. The van der Waals surface area contributed by atoms with E-state index in [0.29, 0.717) is 11.5 Å². The average Bonchev–Trinajstić information content (AvgIpc) is 3.09. The molecule has 0 bridgehead atoms. The van der Waals surface area contributed by atoms with Gasteiger partial charge in [-0.2, -0.15) is 4.99 Å². The largest absolute Gasteiger partial charge is 0.489 e. The van der Waals surface area contributed by atoms with Gasteiger partial charge < -0.3 is 14.5 Å². The van der Waals surface area contributed by atoms with Crippen LogP contribution in [0.3, 0.4) is 0 Å². The molecule has 2 aliphatic heterocycles. The molecule has 0 unspecified atom stereocenters. The predicted molar refractivity (Wildman–Crippen MR) is 119 cm³/mol. The first kappa shape index (κ1) is 19.7. The zero-order chi connectivity index (χ0) is 20.2. The van der Waals surface area contributed by atoms with E-state index in [1.807, 2.05) is 30.3 Å². The summed E-state index contributed by atoms with van der Waals surface area (Å²) >= 11 is 1.47. The van der Waals surface area contributed by atoms with E-state index in [4.69, 9.17) is 4.74 Å². The topological polar surface area (TPSA) is 45.1 Å². The number of nitrogens with zero attached hydrogens (tertiary/aromatic N) is 3. The normalized spacial score (nSPS) is 19.0. The number of benzene rings is 2. The van der Waals surface area contributed by atoms with Crippen molar-refractivity contribution in [2.75, 3.05) is 33.2 Å². The fourth-order valence-corrected chi connectivity index (χ4v) is 4.16. The molecule has 2 aromatic rings. The molecule has 5 nitrogen and oxygen atoms in total. The maximum absolute atomic E-state index is 12.3. The molecule has 2 heterocycles. The molecule has 6 heteroatoms. The van der Waals surface area contributed by atoms with E-state index in [-0.39, 0.29) is 5.91 Å². The number of ether oxygens (including phenoxy) is 1. The molecule has 0 atom stereocenters. The number of carbonyl (C=O) groups excluding carboxylic acids is 1. The number of amides is 1. The maximum atomic E-state index is 12.3. The minimum atomic E-state index is -0.149. The Morgan fingerprint density at radius 1 is 1.03 bits per heavy atom. The zero-order valence-corrected chi connectivity index (χ0v) is 17.6. The van der Waals surface area contributed by atoms with Crippen LogP contribution in [0.1, 0.15) is 16.7 Å². The average molecular weight is 408 g/mol. The zero-order valence-electron chi connectivity index (χ0n) is 16.8. The van der Waals surface area contributed by atoms with E-state index in [1.165, 1.54) is 17.3 Å². The molecule has 4 rings (SSSR count). The van der Waals surface area contributed by atoms with Crippen LogP contribution in [0.2, 0.25) is 0 Å². The number of likely N-dealkylation sites (N-methyl/N-ethyl adjacent to an activating group) is 1. The van der Waals surface area contributed by atoms with Crippen LogP contribution >= 0.6 is 11.8 Å². The lowest BCUT2D eigenvalue weighted by molar-refractivity contribution is -0.113. The van der Waals surface area contributed by atoms with Crippen LogP contribution < -0.4 is 4.74 Å². The monoisotopic (exact) mass is 407 g/mol. The van der Waals surface area contributed by atoms with Crippen LogP contribution in [-0.2, 0) is 11.4 Å². The van der Waals surface area contributed by atoms with Gasteiger partial charge in [-0.1, -0.05) is 42.0 Å². The Balaban J connectivity index is 1.35. The van der Waals surface area contributed by atoms with Crippen LogP contribution in [0.15, 0.2) is 58.4 Å². The van der Waals surface area contributed by atoms with Crippen molar-refractivity contribution in [1.82, 2.24) is 9.80 Å². The lowest BCUT2D eigenvalue weighted by Gasteiger charge is -2.32. The lowest BCUT2D eigenvalue weighted by atomic mass is 10.1. The molecule has 0 radical (unpaired) electrons. The van der Waals surface area contributed by atoms with Crippen molar-refractivity contribution in [1.29, 1.82) is 0 Å². The van der Waals surface area contributed by atoms with E-state index in [9.17, 15) is 4.79 Å². The third-order valence-corrected chi connectivity index (χ3v) is 6.13. The van der Waals surface area contributed by atoms with Crippen molar-refractivity contribution in [3.05, 3.63) is 70.1 Å². The van der Waals surface area contributed by atoms with E-state index < -0.39 is 0 Å². The highest BCUT2D eigenvalue weighted by Crippen LogP contribution is 2.31. The molecule has 0 N–H and O–H groups in total. The smallest absolute Gasteiger partial charge is 0.286 e. The highest BCUT2D eigenvalue weighted by Gasteiger charge is 2.27. The Kier molecular flexibility index (Phi) is 6.02. The molecule has 150 valence electrons. The van der Waals surface area contributed by atoms with E-state index in [0.717, 1.165) is 48.2 Å². The van der Waals surface area contributed by atoms with Gasteiger partial charge in [0.25, 0.3) is 5.91 Å². The van der Waals surface area contributed by atoms with Crippen LogP contribution in [0, 0.1) is 6.92 Å². The summed E-state index contributed by atoms with van der Waals surface area (Å²) in [5.41, 5.74) is 3.35. The Morgan fingerprint density at radius 3 is 2.41 bits per heavy atom. The van der Waals surface area contributed by atoms with Crippen LogP contribution in [-0.4, -0.2) is 54.1 Å². The SMILES string of the molecule is Cc1ccc(COc2ccc(/C=C3\SC(N4CCN(C)CC4)=NC3=O)cc2)cc1. The summed E-state index contributed by atoms with van der Waals surface area (Å²) < 4.78 is 5.86. The van der Waals surface area contributed by atoms with Crippen molar-refractivity contribution in [2.45, 2.75) is 13.5 Å². The first-order valence-electron chi connectivity index (χ1n) is 9.81. The first-order valence-corrected chi connectivity index (χ1v) is 10.6. The van der Waals surface area contributed by atoms with E-state index in [1.54, 1.807) is 0 Å². The summed E-state index contributed by atoms with van der Waals surface area (Å²) in [7, 11) is 2.12. The van der Waals surface area contributed by atoms with Gasteiger partial charge in [0, 0.05) is 26.2 Å². The lowest BCUT2D eigenvalue weighted by Crippen LogP contribution is -2.46. The minimum absolute atomic E-state index is 0.149. The van der Waals surface area contributed by atoms with Crippen LogP contribution in [0.5, 0.6) is 5.75 Å². The summed E-state index contributed by atoms with van der Waals surface area (Å²) in [5, 5.41) is 0.826. The van der Waals surface area contributed by atoms with Gasteiger partial charge in [0.1, 0.15) is 12.4 Å². The molecule has 2 aromatic carbocycles. The molecule has 0 aliphatic carbocycles. The van der Waals surface area contributed by atoms with Gasteiger partial charge in [-0.15, -0.1) is 0 Å².